The average Bonchev–Trinajstić information content (AvgIpc) is 3.00. The van der Waals surface area contributed by atoms with Crippen LogP contribution in [0.25, 0.3) is 0 Å². The Morgan fingerprint density at radius 1 is 1.17 bits per heavy atom. The highest BCUT2D eigenvalue weighted by atomic mass is 32.2. The van der Waals surface area contributed by atoms with E-state index in [1.165, 1.54) is 0 Å². The van der Waals surface area contributed by atoms with Crippen molar-refractivity contribution in [3.63, 3.8) is 0 Å². The van der Waals surface area contributed by atoms with Crippen LogP contribution in [0.4, 0.5) is 0 Å². The molecule has 1 aromatic rings. The quantitative estimate of drug-likeness (QED) is 0.834. The lowest BCUT2D eigenvalue weighted by atomic mass is 10.00. The molecular formula is C13H18O4S. The summed E-state index contributed by atoms with van der Waals surface area (Å²) >= 11 is 0. The maximum atomic E-state index is 11.8. The van der Waals surface area contributed by atoms with Gasteiger partial charge in [-0.25, -0.2) is 8.42 Å². The normalized spacial score (nSPS) is 26.0. The molecule has 0 heterocycles. The molecule has 0 aliphatic heterocycles. The lowest BCUT2D eigenvalue weighted by molar-refractivity contribution is 0.130. The highest BCUT2D eigenvalue weighted by Gasteiger charge is 2.69. The van der Waals surface area contributed by atoms with E-state index >= 15 is 0 Å². The van der Waals surface area contributed by atoms with Crippen molar-refractivity contribution in [2.75, 3.05) is 19.5 Å². The minimum atomic E-state index is -3.29. The first-order valence-electron chi connectivity index (χ1n) is 5.84. The van der Waals surface area contributed by atoms with Gasteiger partial charge in [-0.3, -0.25) is 0 Å². The first-order chi connectivity index (χ1) is 8.36. The minimum absolute atomic E-state index is 0.317. The zero-order valence-electron chi connectivity index (χ0n) is 10.5. The van der Waals surface area contributed by atoms with Crippen LogP contribution in [0, 0.1) is 12.3 Å². The molecule has 2 N–H and O–H groups in total. The van der Waals surface area contributed by atoms with Crippen molar-refractivity contribution >= 4 is 9.84 Å². The number of sulfone groups is 1. The van der Waals surface area contributed by atoms with E-state index in [0.717, 1.165) is 17.4 Å². The van der Waals surface area contributed by atoms with Crippen LogP contribution >= 0.6 is 0 Å². The topological polar surface area (TPSA) is 74.6 Å². The molecule has 1 aromatic carbocycles. The Kier molecular flexibility index (Phi) is 3.25. The lowest BCUT2D eigenvalue weighted by Gasteiger charge is -2.10. The summed E-state index contributed by atoms with van der Waals surface area (Å²) in [6, 6.07) is 7.55. The van der Waals surface area contributed by atoms with Gasteiger partial charge in [0, 0.05) is 17.6 Å². The van der Waals surface area contributed by atoms with Gasteiger partial charge in [0.1, 0.15) is 0 Å². The molecule has 2 rings (SSSR count). The summed E-state index contributed by atoms with van der Waals surface area (Å²) in [7, 11) is -3.29. The first kappa shape index (κ1) is 13.5. The molecule has 0 spiro atoms. The molecule has 0 unspecified atom stereocenters. The van der Waals surface area contributed by atoms with E-state index in [0.29, 0.717) is 0 Å². The van der Waals surface area contributed by atoms with Crippen molar-refractivity contribution in [2.45, 2.75) is 18.1 Å². The number of hydrogen-bond acceptors (Lipinski definition) is 4. The van der Waals surface area contributed by atoms with Gasteiger partial charge in [0.2, 0.25) is 0 Å². The number of aryl methyl sites for hydroxylation is 1. The van der Waals surface area contributed by atoms with E-state index in [2.05, 4.69) is 0 Å². The molecule has 0 amide bonds. The molecule has 18 heavy (non-hydrogen) atoms. The Morgan fingerprint density at radius 3 is 2.00 bits per heavy atom. The second-order valence-corrected chi connectivity index (χ2v) is 7.35. The van der Waals surface area contributed by atoms with Crippen molar-refractivity contribution < 1.29 is 18.6 Å². The zero-order chi connectivity index (χ0) is 13.6. The summed E-state index contributed by atoms with van der Waals surface area (Å²) in [6.45, 7) is 1.32. The molecule has 0 saturated heterocycles. The second kappa shape index (κ2) is 4.33. The maximum Gasteiger partial charge on any atom is 0.151 e. The number of aliphatic hydroxyl groups excluding tert-OH is 2. The molecule has 2 atom stereocenters. The molecule has 0 radical (unpaired) electrons. The summed E-state index contributed by atoms with van der Waals surface area (Å²) < 4.78 is 23.5. The van der Waals surface area contributed by atoms with E-state index in [4.69, 9.17) is 0 Å². The molecule has 1 aliphatic rings. The van der Waals surface area contributed by atoms with Gasteiger partial charge in [0.05, 0.1) is 18.5 Å². The minimum Gasteiger partial charge on any atom is -0.396 e. The predicted octanol–water partition coefficient (Wildman–Crippen LogP) is 0.476. The van der Waals surface area contributed by atoms with Gasteiger partial charge in [0.15, 0.2) is 9.84 Å². The van der Waals surface area contributed by atoms with Crippen molar-refractivity contribution in [1.29, 1.82) is 0 Å². The summed E-state index contributed by atoms with van der Waals surface area (Å²) in [4.78, 5) is 0. The fraction of sp³-hybridized carbons (Fsp3) is 0.538. The SMILES string of the molecule is Cc1ccc([C@@H]2[C@H](S(C)(=O)=O)C2(CO)CO)cc1. The largest absolute Gasteiger partial charge is 0.396 e. The molecule has 4 nitrogen and oxygen atoms in total. The number of benzene rings is 1. The average molecular weight is 270 g/mol. The van der Waals surface area contributed by atoms with Gasteiger partial charge >= 0.3 is 0 Å². The Labute approximate surface area is 107 Å². The van der Waals surface area contributed by atoms with Crippen LogP contribution in [0.5, 0.6) is 0 Å². The fourth-order valence-corrected chi connectivity index (χ4v) is 4.83. The molecule has 0 bridgehead atoms. The summed E-state index contributed by atoms with van der Waals surface area (Å²) in [5, 5.41) is 18.2. The van der Waals surface area contributed by atoms with Crippen LogP contribution in [0.1, 0.15) is 17.0 Å². The van der Waals surface area contributed by atoms with Crippen molar-refractivity contribution in [3.8, 4) is 0 Å². The summed E-state index contributed by atoms with van der Waals surface area (Å²) in [5.74, 6) is -0.317. The van der Waals surface area contributed by atoms with Crippen LogP contribution in [-0.4, -0.2) is 43.4 Å². The van der Waals surface area contributed by atoms with Crippen molar-refractivity contribution in [3.05, 3.63) is 35.4 Å². The zero-order valence-corrected chi connectivity index (χ0v) is 11.3. The van der Waals surface area contributed by atoms with E-state index < -0.39 is 20.5 Å². The van der Waals surface area contributed by atoms with E-state index in [1.807, 2.05) is 31.2 Å². The van der Waals surface area contributed by atoms with Gasteiger partial charge in [-0.05, 0) is 12.5 Å². The molecule has 100 valence electrons. The van der Waals surface area contributed by atoms with E-state index in [-0.39, 0.29) is 19.1 Å². The van der Waals surface area contributed by atoms with Gasteiger partial charge < -0.3 is 10.2 Å². The van der Waals surface area contributed by atoms with E-state index in [1.54, 1.807) is 0 Å². The smallest absolute Gasteiger partial charge is 0.151 e. The first-order valence-corrected chi connectivity index (χ1v) is 7.79. The summed E-state index contributed by atoms with van der Waals surface area (Å²) in [6.07, 6.45) is 1.16. The lowest BCUT2D eigenvalue weighted by Crippen LogP contribution is -2.22. The van der Waals surface area contributed by atoms with Crippen LogP contribution < -0.4 is 0 Å². The molecule has 0 aromatic heterocycles. The van der Waals surface area contributed by atoms with E-state index in [9.17, 15) is 18.6 Å². The third kappa shape index (κ3) is 1.96. The van der Waals surface area contributed by atoms with Crippen LogP contribution in [0.2, 0.25) is 0 Å². The third-order valence-corrected chi connectivity index (χ3v) is 5.53. The Bertz CT molecular complexity index is 529. The Morgan fingerprint density at radius 2 is 1.67 bits per heavy atom. The van der Waals surface area contributed by atoms with Crippen molar-refractivity contribution in [2.24, 2.45) is 5.41 Å². The van der Waals surface area contributed by atoms with Crippen LogP contribution in [0.3, 0.4) is 0 Å². The molecule has 1 fully saturated rings. The second-order valence-electron chi connectivity index (χ2n) is 5.19. The van der Waals surface area contributed by atoms with Crippen LogP contribution in [0.15, 0.2) is 24.3 Å². The van der Waals surface area contributed by atoms with Gasteiger partial charge in [-0.15, -0.1) is 0 Å². The summed E-state index contributed by atoms with van der Waals surface area (Å²) in [5.41, 5.74) is 1.02. The predicted molar refractivity (Wildman–Crippen MR) is 69.2 cm³/mol. The fourth-order valence-electron chi connectivity index (χ4n) is 2.83. The molecule has 5 heteroatoms. The molecule has 1 aliphatic carbocycles. The Balaban J connectivity index is 2.41. The van der Waals surface area contributed by atoms with Crippen LogP contribution in [-0.2, 0) is 9.84 Å². The van der Waals surface area contributed by atoms with Gasteiger partial charge in [-0.1, -0.05) is 29.8 Å². The monoisotopic (exact) mass is 270 g/mol. The molecular weight excluding hydrogens is 252 g/mol. The third-order valence-electron chi connectivity index (χ3n) is 3.87. The molecule has 1 saturated carbocycles. The number of aliphatic hydroxyl groups is 2. The highest BCUT2D eigenvalue weighted by Crippen LogP contribution is 2.62. The number of hydrogen-bond donors (Lipinski definition) is 2. The standard InChI is InChI=1S/C13H18O4S/c1-9-3-5-10(6-4-9)11-12(18(2,16)17)13(11,7-14)8-15/h3-6,11-12,14-15H,7-8H2,1-2H3/t11-,12+/m1/s1. The van der Waals surface area contributed by atoms with Crippen molar-refractivity contribution in [1.82, 2.24) is 0 Å². The Hall–Kier alpha value is -0.910. The van der Waals surface area contributed by atoms with Gasteiger partial charge in [-0.2, -0.15) is 0 Å². The number of rotatable bonds is 4. The highest BCUT2D eigenvalue weighted by molar-refractivity contribution is 7.91. The maximum absolute atomic E-state index is 11.8. The van der Waals surface area contributed by atoms with Gasteiger partial charge in [0.25, 0.3) is 0 Å².